The molecule has 0 saturated carbocycles. The molecule has 1 aliphatic heterocycles. The molecule has 2 rings (SSSR count). The summed E-state index contributed by atoms with van der Waals surface area (Å²) in [5.41, 5.74) is 6.54. The Morgan fingerprint density at radius 1 is 1.44 bits per heavy atom. The number of halogens is 1. The van der Waals surface area contributed by atoms with Gasteiger partial charge < -0.3 is 20.5 Å². The summed E-state index contributed by atoms with van der Waals surface area (Å²) in [5.74, 6) is -1.02. The highest BCUT2D eigenvalue weighted by Crippen LogP contribution is 2.34. The second-order valence-corrected chi connectivity index (χ2v) is 6.16. The van der Waals surface area contributed by atoms with Crippen LogP contribution < -0.4 is 15.8 Å². The molecule has 0 bridgehead atoms. The van der Waals surface area contributed by atoms with E-state index in [9.17, 15) is 14.0 Å². The van der Waals surface area contributed by atoms with Crippen LogP contribution in [0.2, 0.25) is 0 Å². The lowest BCUT2D eigenvalue weighted by Crippen LogP contribution is -2.32. The number of amides is 2. The number of ether oxygens (including phenoxy) is 2. The highest BCUT2D eigenvalue weighted by atomic mass is 19.1. The van der Waals surface area contributed by atoms with Crippen LogP contribution in [0.15, 0.2) is 23.2 Å². The number of nitrogens with zero attached hydrogens (tertiary/aromatic N) is 1. The number of aliphatic imine (C=N–C) groups is 1. The Hall–Kier alpha value is -2.90. The number of nitrogens with two attached hydrogens (primary N) is 1. The van der Waals surface area contributed by atoms with Crippen molar-refractivity contribution >= 4 is 30.0 Å². The van der Waals surface area contributed by atoms with Crippen molar-refractivity contribution in [3.8, 4) is 5.75 Å². The van der Waals surface area contributed by atoms with E-state index in [-0.39, 0.29) is 12.2 Å². The van der Waals surface area contributed by atoms with E-state index >= 15 is 0 Å². The number of rotatable bonds is 8. The van der Waals surface area contributed by atoms with Gasteiger partial charge in [-0.25, -0.2) is 4.39 Å². The first kappa shape index (κ1) is 20.4. The monoisotopic (exact) mass is 377 g/mol. The van der Waals surface area contributed by atoms with E-state index in [0.29, 0.717) is 29.4 Å². The minimum absolute atomic E-state index is 0.0884. The first-order valence-electron chi connectivity index (χ1n) is 8.65. The summed E-state index contributed by atoms with van der Waals surface area (Å²) >= 11 is 0. The van der Waals surface area contributed by atoms with Gasteiger partial charge in [-0.15, -0.1) is 0 Å². The zero-order valence-electron chi connectivity index (χ0n) is 15.6. The number of nitrogens with one attached hydrogen (secondary N) is 1. The molecule has 1 aromatic carbocycles. The Morgan fingerprint density at radius 3 is 2.63 bits per heavy atom. The fourth-order valence-corrected chi connectivity index (χ4v) is 2.89. The Morgan fingerprint density at radius 2 is 2.15 bits per heavy atom. The standard InChI is InChI=1S/C19H24FN3O4/c1-5-15(27-9-14-10(3)17(20)19(25)23-14)11-8-16(26-6-2)12(18(21)24)7-13(11)22-4/h5,7-8,10,14,17H,4,6,9H2,1-3H3,(H2,21,24)(H,23,25)/b15-5+/t10-,14+,17-/m0/s1. The summed E-state index contributed by atoms with van der Waals surface area (Å²) in [6.07, 6.45) is 0.162. The maximum absolute atomic E-state index is 13.7. The van der Waals surface area contributed by atoms with Crippen LogP contribution in [-0.4, -0.2) is 44.0 Å². The van der Waals surface area contributed by atoms with Gasteiger partial charge in [-0.05, 0) is 38.8 Å². The molecule has 1 fully saturated rings. The fourth-order valence-electron chi connectivity index (χ4n) is 2.89. The predicted molar refractivity (Wildman–Crippen MR) is 101 cm³/mol. The van der Waals surface area contributed by atoms with Crippen LogP contribution in [0.5, 0.6) is 5.75 Å². The molecule has 1 saturated heterocycles. The largest absolute Gasteiger partial charge is 0.493 e. The highest BCUT2D eigenvalue weighted by molar-refractivity contribution is 5.97. The predicted octanol–water partition coefficient (Wildman–Crippen LogP) is 2.37. The van der Waals surface area contributed by atoms with Crippen LogP contribution in [0.4, 0.5) is 10.1 Å². The first-order chi connectivity index (χ1) is 12.8. The smallest absolute Gasteiger partial charge is 0.255 e. The summed E-state index contributed by atoms with van der Waals surface area (Å²) in [7, 11) is 0. The van der Waals surface area contributed by atoms with Crippen molar-refractivity contribution in [1.82, 2.24) is 5.32 Å². The number of benzene rings is 1. The van der Waals surface area contributed by atoms with Crippen molar-refractivity contribution < 1.29 is 23.5 Å². The molecule has 0 radical (unpaired) electrons. The van der Waals surface area contributed by atoms with Crippen LogP contribution in [0.25, 0.3) is 5.76 Å². The Bertz CT molecular complexity index is 778. The number of primary amides is 1. The lowest BCUT2D eigenvalue weighted by atomic mass is 10.0. The van der Waals surface area contributed by atoms with E-state index in [1.807, 2.05) is 0 Å². The van der Waals surface area contributed by atoms with Crippen molar-refractivity contribution in [3.05, 3.63) is 29.3 Å². The van der Waals surface area contributed by atoms with E-state index in [2.05, 4.69) is 17.0 Å². The number of hydrogen-bond donors (Lipinski definition) is 2. The molecule has 1 heterocycles. The maximum atomic E-state index is 13.7. The maximum Gasteiger partial charge on any atom is 0.255 e. The normalized spacial score (nSPS) is 22.3. The average Bonchev–Trinajstić information content (AvgIpc) is 2.89. The molecule has 0 aliphatic carbocycles. The van der Waals surface area contributed by atoms with Gasteiger partial charge in [-0.1, -0.05) is 6.92 Å². The molecule has 0 aromatic heterocycles. The average molecular weight is 377 g/mol. The third-order valence-corrected chi connectivity index (χ3v) is 4.45. The van der Waals surface area contributed by atoms with Crippen molar-refractivity contribution in [2.45, 2.75) is 33.0 Å². The zero-order chi connectivity index (χ0) is 20.1. The van der Waals surface area contributed by atoms with Crippen LogP contribution in [0, 0.1) is 5.92 Å². The van der Waals surface area contributed by atoms with Gasteiger partial charge in [-0.3, -0.25) is 14.6 Å². The first-order valence-corrected chi connectivity index (χ1v) is 8.65. The van der Waals surface area contributed by atoms with Crippen LogP contribution >= 0.6 is 0 Å². The van der Waals surface area contributed by atoms with E-state index in [4.69, 9.17) is 15.2 Å². The van der Waals surface area contributed by atoms with Gasteiger partial charge in [0, 0.05) is 11.5 Å². The molecule has 1 aliphatic rings. The lowest BCUT2D eigenvalue weighted by Gasteiger charge is -2.20. The number of alkyl halides is 1. The fraction of sp³-hybridized carbons (Fsp3) is 0.421. The molecule has 1 aromatic rings. The number of carbonyl (C=O) groups is 2. The lowest BCUT2D eigenvalue weighted by molar-refractivity contribution is -0.123. The second-order valence-electron chi connectivity index (χ2n) is 6.16. The van der Waals surface area contributed by atoms with E-state index in [0.717, 1.165) is 0 Å². The van der Waals surface area contributed by atoms with Crippen molar-refractivity contribution in [2.24, 2.45) is 16.6 Å². The molecular weight excluding hydrogens is 353 g/mol. The highest BCUT2D eigenvalue weighted by Gasteiger charge is 2.40. The Kier molecular flexibility index (Phi) is 6.55. The quantitative estimate of drug-likeness (QED) is 0.536. The molecule has 8 heteroatoms. The summed E-state index contributed by atoms with van der Waals surface area (Å²) < 4.78 is 25.0. The van der Waals surface area contributed by atoms with Gasteiger partial charge in [-0.2, -0.15) is 0 Å². The number of carbonyl (C=O) groups excluding carboxylic acids is 2. The minimum atomic E-state index is -1.54. The second kappa shape index (κ2) is 8.66. The van der Waals surface area contributed by atoms with Crippen LogP contribution in [-0.2, 0) is 9.53 Å². The third-order valence-electron chi connectivity index (χ3n) is 4.45. The van der Waals surface area contributed by atoms with Crippen molar-refractivity contribution in [3.63, 3.8) is 0 Å². The van der Waals surface area contributed by atoms with Gasteiger partial charge in [0.1, 0.15) is 18.1 Å². The Balaban J connectivity index is 2.30. The van der Waals surface area contributed by atoms with E-state index in [1.165, 1.54) is 6.07 Å². The molecular formula is C19H24FN3O4. The van der Waals surface area contributed by atoms with Gasteiger partial charge in [0.25, 0.3) is 11.8 Å². The summed E-state index contributed by atoms with van der Waals surface area (Å²) in [6, 6.07) is 2.65. The van der Waals surface area contributed by atoms with Gasteiger partial charge >= 0.3 is 0 Å². The van der Waals surface area contributed by atoms with Crippen LogP contribution in [0.3, 0.4) is 0 Å². The molecule has 27 heavy (non-hydrogen) atoms. The topological polar surface area (TPSA) is 103 Å². The molecule has 0 spiro atoms. The zero-order valence-corrected chi connectivity index (χ0v) is 15.6. The third kappa shape index (κ3) is 4.27. The molecule has 146 valence electrons. The van der Waals surface area contributed by atoms with E-state index < -0.39 is 29.9 Å². The SMILES string of the molecule is C=Nc1cc(C(N)=O)c(OCC)cc1/C(=C\C)OC[C@H]1NC(=O)[C@@H](F)[C@H]1C. The molecule has 3 atom stereocenters. The Labute approximate surface area is 157 Å². The molecule has 3 N–H and O–H groups in total. The van der Waals surface area contributed by atoms with E-state index in [1.54, 1.807) is 32.9 Å². The number of hydrogen-bond acceptors (Lipinski definition) is 5. The van der Waals surface area contributed by atoms with Gasteiger partial charge in [0.15, 0.2) is 6.17 Å². The molecule has 7 nitrogen and oxygen atoms in total. The van der Waals surface area contributed by atoms with Crippen molar-refractivity contribution in [2.75, 3.05) is 13.2 Å². The summed E-state index contributed by atoms with van der Waals surface area (Å²) in [4.78, 5) is 27.1. The molecule has 0 unspecified atom stereocenters. The summed E-state index contributed by atoms with van der Waals surface area (Å²) in [6.45, 7) is 9.15. The molecule has 2 amide bonds. The van der Waals surface area contributed by atoms with Gasteiger partial charge in [0.2, 0.25) is 0 Å². The minimum Gasteiger partial charge on any atom is -0.493 e. The van der Waals surface area contributed by atoms with Crippen molar-refractivity contribution in [1.29, 1.82) is 0 Å². The van der Waals surface area contributed by atoms with Gasteiger partial charge in [0.05, 0.1) is 23.9 Å². The number of allylic oxidation sites excluding steroid dienone is 1. The summed E-state index contributed by atoms with van der Waals surface area (Å²) in [5, 5.41) is 2.58. The van der Waals surface area contributed by atoms with Crippen LogP contribution in [0.1, 0.15) is 36.7 Å².